The lowest BCUT2D eigenvalue weighted by Gasteiger charge is -2.59. The molecule has 0 radical (unpaired) electrons. The number of aliphatic hydroxyl groups is 1. The summed E-state index contributed by atoms with van der Waals surface area (Å²) in [5.41, 5.74) is -2.45. The number of ether oxygens (including phenoxy) is 2. The van der Waals surface area contributed by atoms with E-state index in [4.69, 9.17) is 34.0 Å². The fraction of sp³-hybridized carbons (Fsp3) is 0.708. The topological polar surface area (TPSA) is 89.9 Å². The molecule has 0 aromatic rings. The Kier molecular flexibility index (Phi) is 5.70. The SMILES string of the molecule is [2H]C1C[C@@H]2[C@H]([C@@H](O)C[C@@]3(C)[C@H]2CC[C@]3(OC(=O)C(Cl)Cl)C(=O)OCC)[C@@]2(C)C=CC(=O)C=C12. The van der Waals surface area contributed by atoms with Gasteiger partial charge in [0.25, 0.3) is 0 Å². The summed E-state index contributed by atoms with van der Waals surface area (Å²) in [5, 5.41) is 11.5. The Hall–Kier alpha value is -1.37. The highest BCUT2D eigenvalue weighted by Crippen LogP contribution is 2.68. The molecule has 4 rings (SSSR count). The van der Waals surface area contributed by atoms with Crippen LogP contribution in [0, 0.1) is 28.6 Å². The number of ketones is 1. The summed E-state index contributed by atoms with van der Waals surface area (Å²) in [6, 6.07) is 0. The number of alkyl halides is 2. The highest BCUT2D eigenvalue weighted by molar-refractivity contribution is 6.53. The molecule has 0 aliphatic heterocycles. The minimum Gasteiger partial charge on any atom is -0.463 e. The van der Waals surface area contributed by atoms with Crippen molar-refractivity contribution in [3.05, 3.63) is 23.8 Å². The summed E-state index contributed by atoms with van der Waals surface area (Å²) in [6.45, 7) is 5.62. The van der Waals surface area contributed by atoms with E-state index in [1.165, 1.54) is 12.2 Å². The molecule has 0 heterocycles. The molecule has 32 heavy (non-hydrogen) atoms. The van der Waals surface area contributed by atoms with Crippen molar-refractivity contribution in [2.45, 2.75) is 69.4 Å². The molecule has 4 aliphatic carbocycles. The number of fused-ring (bicyclic) bond motifs is 5. The number of carbonyl (C=O) groups excluding carboxylic acids is 3. The zero-order valence-corrected chi connectivity index (χ0v) is 20.0. The first-order valence-corrected chi connectivity index (χ1v) is 12.0. The van der Waals surface area contributed by atoms with Gasteiger partial charge in [-0.05, 0) is 63.0 Å². The number of allylic oxidation sites excluding steroid dienone is 4. The third-order valence-corrected chi connectivity index (χ3v) is 8.80. The highest BCUT2D eigenvalue weighted by atomic mass is 35.5. The number of rotatable bonds is 4. The van der Waals surface area contributed by atoms with Crippen LogP contribution >= 0.6 is 23.2 Å². The van der Waals surface area contributed by atoms with Crippen LogP contribution in [0.15, 0.2) is 23.8 Å². The van der Waals surface area contributed by atoms with E-state index in [2.05, 4.69) is 0 Å². The molecule has 0 bridgehead atoms. The normalized spacial score (nSPS) is 45.3. The Morgan fingerprint density at radius 2 is 2.06 bits per heavy atom. The van der Waals surface area contributed by atoms with Crippen LogP contribution in [0.5, 0.6) is 0 Å². The van der Waals surface area contributed by atoms with Crippen molar-refractivity contribution in [2.75, 3.05) is 6.61 Å². The van der Waals surface area contributed by atoms with Gasteiger partial charge in [0.1, 0.15) is 0 Å². The second kappa shape index (κ2) is 8.14. The molecule has 8 atom stereocenters. The largest absolute Gasteiger partial charge is 0.463 e. The van der Waals surface area contributed by atoms with Crippen LogP contribution in [-0.2, 0) is 23.9 Å². The van der Waals surface area contributed by atoms with Crippen LogP contribution in [0.3, 0.4) is 0 Å². The van der Waals surface area contributed by atoms with Gasteiger partial charge in [0, 0.05) is 18.1 Å². The number of halogens is 2. The van der Waals surface area contributed by atoms with E-state index in [9.17, 15) is 19.5 Å². The van der Waals surface area contributed by atoms with Crippen molar-refractivity contribution in [1.82, 2.24) is 0 Å². The molecule has 0 spiro atoms. The second-order valence-corrected chi connectivity index (χ2v) is 10.9. The number of hydrogen-bond donors (Lipinski definition) is 1. The van der Waals surface area contributed by atoms with Crippen molar-refractivity contribution >= 4 is 40.9 Å². The van der Waals surface area contributed by atoms with E-state index in [1.807, 2.05) is 19.9 Å². The summed E-state index contributed by atoms with van der Waals surface area (Å²) >= 11 is 11.5. The molecular formula is C24H30Cl2O6. The maximum Gasteiger partial charge on any atom is 0.351 e. The van der Waals surface area contributed by atoms with Gasteiger partial charge in [0.05, 0.1) is 12.7 Å². The number of esters is 2. The lowest BCUT2D eigenvalue weighted by atomic mass is 9.46. The average Bonchev–Trinajstić information content (AvgIpc) is 3.02. The lowest BCUT2D eigenvalue weighted by Crippen LogP contribution is -2.63. The van der Waals surface area contributed by atoms with Crippen molar-refractivity contribution in [3.63, 3.8) is 0 Å². The first kappa shape index (κ1) is 22.4. The number of hydrogen-bond acceptors (Lipinski definition) is 6. The molecule has 0 aromatic carbocycles. The summed E-state index contributed by atoms with van der Waals surface area (Å²) in [7, 11) is 0. The van der Waals surface area contributed by atoms with Crippen LogP contribution in [0.4, 0.5) is 0 Å². The molecule has 1 unspecified atom stereocenters. The number of aliphatic hydroxyl groups excluding tert-OH is 1. The molecule has 176 valence electrons. The fourth-order valence-electron chi connectivity index (χ4n) is 7.08. The molecule has 8 heteroatoms. The van der Waals surface area contributed by atoms with Gasteiger partial charge >= 0.3 is 11.9 Å². The highest BCUT2D eigenvalue weighted by Gasteiger charge is 2.71. The maximum absolute atomic E-state index is 13.3. The maximum atomic E-state index is 13.3. The Morgan fingerprint density at radius 3 is 2.72 bits per heavy atom. The molecule has 3 fully saturated rings. The van der Waals surface area contributed by atoms with Crippen LogP contribution in [0.2, 0.25) is 0 Å². The van der Waals surface area contributed by atoms with Crippen molar-refractivity contribution in [3.8, 4) is 0 Å². The smallest absolute Gasteiger partial charge is 0.351 e. The van der Waals surface area contributed by atoms with E-state index in [-0.39, 0.29) is 43.0 Å². The second-order valence-electron chi connectivity index (χ2n) is 9.85. The Labute approximate surface area is 199 Å². The van der Waals surface area contributed by atoms with Crippen LogP contribution in [-0.4, -0.2) is 46.0 Å². The van der Waals surface area contributed by atoms with Crippen molar-refractivity contribution in [2.24, 2.45) is 28.6 Å². The van der Waals surface area contributed by atoms with Gasteiger partial charge < -0.3 is 14.6 Å². The predicted molar refractivity (Wildman–Crippen MR) is 119 cm³/mol. The predicted octanol–water partition coefficient (Wildman–Crippen LogP) is 3.91. The lowest BCUT2D eigenvalue weighted by molar-refractivity contribution is -0.212. The monoisotopic (exact) mass is 485 g/mol. The van der Waals surface area contributed by atoms with Crippen molar-refractivity contribution in [1.29, 1.82) is 0 Å². The van der Waals surface area contributed by atoms with E-state index >= 15 is 0 Å². The van der Waals surface area contributed by atoms with Gasteiger partial charge in [-0.3, -0.25) is 4.79 Å². The quantitative estimate of drug-likeness (QED) is 0.479. The summed E-state index contributed by atoms with van der Waals surface area (Å²) in [6.07, 6.45) is 4.88. The van der Waals surface area contributed by atoms with Crippen LogP contribution < -0.4 is 0 Å². The number of carbonyl (C=O) groups is 3. The zero-order chi connectivity index (χ0) is 24.3. The first-order chi connectivity index (χ1) is 15.4. The van der Waals surface area contributed by atoms with Gasteiger partial charge in [0.15, 0.2) is 5.78 Å². The molecule has 3 saturated carbocycles. The molecule has 0 aromatic heterocycles. The Morgan fingerprint density at radius 1 is 1.34 bits per heavy atom. The first-order valence-electron chi connectivity index (χ1n) is 11.7. The summed E-state index contributed by atoms with van der Waals surface area (Å²) < 4.78 is 19.9. The molecule has 4 aliphatic rings. The third kappa shape index (κ3) is 3.28. The minimum atomic E-state index is -1.62. The zero-order valence-electron chi connectivity index (χ0n) is 19.5. The Bertz CT molecular complexity index is 934. The summed E-state index contributed by atoms with van der Waals surface area (Å²) in [4.78, 5) is 36.3. The van der Waals surface area contributed by atoms with E-state index in [0.717, 1.165) is 5.57 Å². The average molecular weight is 486 g/mol. The van der Waals surface area contributed by atoms with Gasteiger partial charge in [0.2, 0.25) is 10.4 Å². The molecule has 0 saturated heterocycles. The standard InChI is InChI=1S/C24H30Cl2O6/c1-4-31-21(30)24(32-20(29)19(25)26)10-8-16-15-6-5-13-11-14(27)7-9-22(13,2)18(15)17(28)12-23(16,24)3/h7,9,11,15-19,28H,4-6,8,10,12H2,1-3H3/t15-,16-,17-,18+,22-,23-,24-/m0/s1/i5D/t5?,15-,16-,17-,18+,22-,23-,24-. The van der Waals surface area contributed by atoms with Gasteiger partial charge in [-0.15, -0.1) is 0 Å². The van der Waals surface area contributed by atoms with E-state index < -0.39 is 45.7 Å². The third-order valence-electron chi connectivity index (χ3n) is 8.45. The van der Waals surface area contributed by atoms with E-state index in [1.54, 1.807) is 6.92 Å². The summed E-state index contributed by atoms with van der Waals surface area (Å²) in [5.74, 6) is -2.16. The van der Waals surface area contributed by atoms with Crippen LogP contribution in [0.25, 0.3) is 0 Å². The molecular weight excluding hydrogens is 455 g/mol. The van der Waals surface area contributed by atoms with Gasteiger partial charge in [-0.2, -0.15) is 0 Å². The fourth-order valence-corrected chi connectivity index (χ4v) is 7.17. The molecule has 6 nitrogen and oxygen atoms in total. The van der Waals surface area contributed by atoms with Crippen LogP contribution in [0.1, 0.15) is 54.2 Å². The van der Waals surface area contributed by atoms with E-state index in [0.29, 0.717) is 12.8 Å². The Balaban J connectivity index is 1.78. The van der Waals surface area contributed by atoms with Crippen molar-refractivity contribution < 1.29 is 30.3 Å². The minimum absolute atomic E-state index is 0.107. The molecule has 0 amide bonds. The van der Waals surface area contributed by atoms with Gasteiger partial charge in [-0.1, -0.05) is 48.7 Å². The molecule has 1 N–H and O–H groups in total. The van der Waals surface area contributed by atoms with Gasteiger partial charge in [-0.25, -0.2) is 9.59 Å².